The molecular weight excluding hydrogens is 278 g/mol. The van der Waals surface area contributed by atoms with Crippen LogP contribution in [0.25, 0.3) is 0 Å². The summed E-state index contributed by atoms with van der Waals surface area (Å²) in [6.45, 7) is 2.38. The maximum absolute atomic E-state index is 12.0. The highest BCUT2D eigenvalue weighted by atomic mass is 32.2. The summed E-state index contributed by atoms with van der Waals surface area (Å²) in [5.41, 5.74) is 1.33. The van der Waals surface area contributed by atoms with Gasteiger partial charge in [0.1, 0.15) is 6.29 Å². The van der Waals surface area contributed by atoms with Crippen molar-refractivity contribution in [1.29, 1.82) is 0 Å². The molecule has 0 aliphatic carbocycles. The van der Waals surface area contributed by atoms with E-state index in [2.05, 4.69) is 0 Å². The van der Waals surface area contributed by atoms with Gasteiger partial charge in [0.05, 0.1) is 24.5 Å². The molecule has 0 spiro atoms. The zero-order valence-corrected chi connectivity index (χ0v) is 11.9. The van der Waals surface area contributed by atoms with Crippen LogP contribution in [0.4, 0.5) is 5.69 Å². The minimum Gasteiger partial charge on any atom is -0.466 e. The van der Waals surface area contributed by atoms with Crippen LogP contribution in [0.1, 0.15) is 23.7 Å². The molecule has 0 atom stereocenters. The van der Waals surface area contributed by atoms with Crippen molar-refractivity contribution in [2.75, 3.05) is 23.8 Å². The number of carbonyl (C=O) groups excluding carboxylic acids is 3. The zero-order chi connectivity index (χ0) is 14.5. The van der Waals surface area contributed by atoms with Gasteiger partial charge in [-0.2, -0.15) is 0 Å². The molecular formula is C14H15NO4S. The van der Waals surface area contributed by atoms with Gasteiger partial charge in [-0.15, -0.1) is 11.8 Å². The van der Waals surface area contributed by atoms with Gasteiger partial charge in [0.15, 0.2) is 0 Å². The number of amides is 1. The number of esters is 1. The first-order chi connectivity index (χ1) is 9.65. The molecule has 0 N–H and O–H groups in total. The van der Waals surface area contributed by atoms with E-state index in [0.717, 1.165) is 16.9 Å². The van der Waals surface area contributed by atoms with Crippen molar-refractivity contribution >= 4 is 35.6 Å². The number of fused-ring (bicyclic) bond motifs is 1. The first-order valence-electron chi connectivity index (χ1n) is 6.33. The lowest BCUT2D eigenvalue weighted by Crippen LogP contribution is -2.37. The first kappa shape index (κ1) is 14.6. The van der Waals surface area contributed by atoms with Crippen molar-refractivity contribution in [2.45, 2.75) is 18.2 Å². The lowest BCUT2D eigenvalue weighted by atomic mass is 10.2. The standard InChI is InChI=1S/C14H15NO4S/c1-2-19-14(18)5-6-15-11-4-3-10(8-16)7-12(11)20-9-13(15)17/h3-4,7-8H,2,5-6,9H2,1H3. The summed E-state index contributed by atoms with van der Waals surface area (Å²) >= 11 is 1.41. The molecule has 1 heterocycles. The SMILES string of the molecule is CCOC(=O)CCN1C(=O)CSc2cc(C=O)ccc21. The average Bonchev–Trinajstić information content (AvgIpc) is 2.46. The van der Waals surface area contributed by atoms with Gasteiger partial charge in [-0.05, 0) is 25.1 Å². The fourth-order valence-electron chi connectivity index (χ4n) is 1.98. The lowest BCUT2D eigenvalue weighted by molar-refractivity contribution is -0.142. The summed E-state index contributed by atoms with van der Waals surface area (Å²) in [6.07, 6.45) is 0.944. The van der Waals surface area contributed by atoms with Gasteiger partial charge in [-0.3, -0.25) is 14.4 Å². The van der Waals surface area contributed by atoms with E-state index in [1.54, 1.807) is 30.0 Å². The van der Waals surface area contributed by atoms with E-state index in [0.29, 0.717) is 24.5 Å². The predicted octanol–water partition coefficient (Wildman–Crippen LogP) is 1.89. The molecule has 1 aliphatic heterocycles. The quantitative estimate of drug-likeness (QED) is 0.613. The molecule has 0 aromatic heterocycles. The number of nitrogens with zero attached hydrogens (tertiary/aromatic N) is 1. The molecule has 20 heavy (non-hydrogen) atoms. The van der Waals surface area contributed by atoms with Crippen molar-refractivity contribution in [3.63, 3.8) is 0 Å². The average molecular weight is 293 g/mol. The number of carbonyl (C=O) groups is 3. The number of thioether (sulfide) groups is 1. The number of benzene rings is 1. The number of anilines is 1. The Morgan fingerprint density at radius 1 is 1.50 bits per heavy atom. The molecule has 5 nitrogen and oxygen atoms in total. The van der Waals surface area contributed by atoms with Crippen LogP contribution in [0.3, 0.4) is 0 Å². The van der Waals surface area contributed by atoms with Gasteiger partial charge < -0.3 is 9.64 Å². The van der Waals surface area contributed by atoms with Crippen LogP contribution in [0.2, 0.25) is 0 Å². The van der Waals surface area contributed by atoms with Crippen LogP contribution in [-0.4, -0.2) is 37.1 Å². The van der Waals surface area contributed by atoms with Gasteiger partial charge in [-0.25, -0.2) is 0 Å². The molecule has 1 aliphatic rings. The van der Waals surface area contributed by atoms with Crippen molar-refractivity contribution in [3.05, 3.63) is 23.8 Å². The van der Waals surface area contributed by atoms with Crippen LogP contribution in [0.15, 0.2) is 23.1 Å². The Morgan fingerprint density at radius 3 is 3.00 bits per heavy atom. The zero-order valence-electron chi connectivity index (χ0n) is 11.1. The Labute approximate surface area is 121 Å². The first-order valence-corrected chi connectivity index (χ1v) is 7.32. The van der Waals surface area contributed by atoms with E-state index in [1.165, 1.54) is 11.8 Å². The highest BCUT2D eigenvalue weighted by Crippen LogP contribution is 2.35. The van der Waals surface area contributed by atoms with Crippen molar-refractivity contribution in [2.24, 2.45) is 0 Å². The second-order valence-electron chi connectivity index (χ2n) is 4.23. The van der Waals surface area contributed by atoms with Crippen LogP contribution in [0, 0.1) is 0 Å². The van der Waals surface area contributed by atoms with Crippen LogP contribution in [0.5, 0.6) is 0 Å². The predicted molar refractivity (Wildman–Crippen MR) is 76.2 cm³/mol. The van der Waals surface area contributed by atoms with Crippen LogP contribution >= 0.6 is 11.8 Å². The number of ether oxygens (including phenoxy) is 1. The van der Waals surface area contributed by atoms with Crippen LogP contribution in [-0.2, 0) is 14.3 Å². The summed E-state index contributed by atoms with van der Waals surface area (Å²) in [6, 6.07) is 5.17. The molecule has 106 valence electrons. The summed E-state index contributed by atoms with van der Waals surface area (Å²) in [7, 11) is 0. The molecule has 1 aromatic rings. The lowest BCUT2D eigenvalue weighted by Gasteiger charge is -2.28. The van der Waals surface area contributed by atoms with Crippen molar-refractivity contribution < 1.29 is 19.1 Å². The second kappa shape index (κ2) is 6.56. The Hall–Kier alpha value is -1.82. The Balaban J connectivity index is 2.15. The van der Waals surface area contributed by atoms with E-state index in [4.69, 9.17) is 4.74 Å². The summed E-state index contributed by atoms with van der Waals surface area (Å²) in [4.78, 5) is 36.6. The normalized spacial score (nSPS) is 13.8. The molecule has 0 fully saturated rings. The molecule has 0 bridgehead atoms. The largest absolute Gasteiger partial charge is 0.466 e. The Bertz CT molecular complexity index is 544. The van der Waals surface area contributed by atoms with E-state index < -0.39 is 0 Å². The van der Waals surface area contributed by atoms with Gasteiger partial charge >= 0.3 is 5.97 Å². The fraction of sp³-hybridized carbons (Fsp3) is 0.357. The summed E-state index contributed by atoms with van der Waals surface area (Å²) in [5.74, 6) is -0.0340. The monoisotopic (exact) mass is 293 g/mol. The minimum atomic E-state index is -0.315. The minimum absolute atomic E-state index is 0.0364. The summed E-state index contributed by atoms with van der Waals surface area (Å²) < 4.78 is 4.86. The van der Waals surface area contributed by atoms with E-state index in [9.17, 15) is 14.4 Å². The number of aldehydes is 1. The topological polar surface area (TPSA) is 63.7 Å². The molecule has 0 saturated carbocycles. The molecule has 0 unspecified atom stereocenters. The number of rotatable bonds is 5. The van der Waals surface area contributed by atoms with Gasteiger partial charge in [0.25, 0.3) is 0 Å². The van der Waals surface area contributed by atoms with Crippen molar-refractivity contribution in [1.82, 2.24) is 0 Å². The molecule has 6 heteroatoms. The van der Waals surface area contributed by atoms with Gasteiger partial charge in [-0.1, -0.05) is 0 Å². The Morgan fingerprint density at radius 2 is 2.30 bits per heavy atom. The number of hydrogen-bond acceptors (Lipinski definition) is 5. The maximum atomic E-state index is 12.0. The van der Waals surface area contributed by atoms with Gasteiger partial charge in [0.2, 0.25) is 5.91 Å². The van der Waals surface area contributed by atoms with Crippen LogP contribution < -0.4 is 4.90 Å². The molecule has 2 rings (SSSR count). The van der Waals surface area contributed by atoms with Crippen molar-refractivity contribution in [3.8, 4) is 0 Å². The third-order valence-corrected chi connectivity index (χ3v) is 3.94. The highest BCUT2D eigenvalue weighted by molar-refractivity contribution is 8.00. The third-order valence-electron chi connectivity index (χ3n) is 2.91. The maximum Gasteiger partial charge on any atom is 0.307 e. The molecule has 0 radical (unpaired) electrons. The smallest absolute Gasteiger partial charge is 0.307 e. The fourth-order valence-corrected chi connectivity index (χ4v) is 2.96. The molecule has 1 amide bonds. The van der Waals surface area contributed by atoms with E-state index in [1.807, 2.05) is 0 Å². The second-order valence-corrected chi connectivity index (χ2v) is 5.25. The third kappa shape index (κ3) is 3.19. The van der Waals surface area contributed by atoms with E-state index >= 15 is 0 Å². The Kier molecular flexibility index (Phi) is 4.79. The molecule has 0 saturated heterocycles. The number of hydrogen-bond donors (Lipinski definition) is 0. The highest BCUT2D eigenvalue weighted by Gasteiger charge is 2.25. The van der Waals surface area contributed by atoms with Gasteiger partial charge in [0, 0.05) is 17.0 Å². The molecule has 1 aromatic carbocycles. The van der Waals surface area contributed by atoms with E-state index in [-0.39, 0.29) is 18.3 Å². The summed E-state index contributed by atoms with van der Waals surface area (Å²) in [5, 5.41) is 0.